The smallest absolute Gasteiger partial charge is 0.266 e. The van der Waals surface area contributed by atoms with Crippen LogP contribution in [-0.4, -0.2) is 10.9 Å². The predicted octanol–water partition coefficient (Wildman–Crippen LogP) is 2.25. The van der Waals surface area contributed by atoms with Crippen LogP contribution >= 0.6 is 0 Å². The molecular formula is C18H18FN3O2. The highest BCUT2D eigenvalue weighted by molar-refractivity contribution is 5.76. The molecule has 0 aliphatic carbocycles. The average molecular weight is 327 g/mol. The van der Waals surface area contributed by atoms with Crippen molar-refractivity contribution in [1.29, 1.82) is 5.26 Å². The minimum absolute atomic E-state index is 0.0855. The molecule has 24 heavy (non-hydrogen) atoms. The van der Waals surface area contributed by atoms with Gasteiger partial charge in [-0.05, 0) is 49.1 Å². The molecular weight excluding hydrogens is 309 g/mol. The first-order valence-electron chi connectivity index (χ1n) is 7.56. The van der Waals surface area contributed by atoms with Gasteiger partial charge in [-0.25, -0.2) is 4.39 Å². The van der Waals surface area contributed by atoms with Gasteiger partial charge < -0.3 is 10.3 Å². The maximum absolute atomic E-state index is 12.8. The minimum Gasteiger partial charge on any atom is -0.352 e. The largest absolute Gasteiger partial charge is 0.352 e. The summed E-state index contributed by atoms with van der Waals surface area (Å²) in [7, 11) is 0. The molecule has 0 bridgehead atoms. The zero-order valence-electron chi connectivity index (χ0n) is 13.6. The number of carbonyl (C=O) groups is 1. The first-order valence-corrected chi connectivity index (χ1v) is 7.56. The van der Waals surface area contributed by atoms with E-state index in [9.17, 15) is 14.0 Å². The molecule has 6 heteroatoms. The van der Waals surface area contributed by atoms with Crippen LogP contribution in [0.3, 0.4) is 0 Å². The fourth-order valence-corrected chi connectivity index (χ4v) is 2.55. The van der Waals surface area contributed by atoms with Crippen LogP contribution in [0, 0.1) is 31.0 Å². The van der Waals surface area contributed by atoms with Crippen LogP contribution in [0.1, 0.15) is 34.4 Å². The summed E-state index contributed by atoms with van der Waals surface area (Å²) in [4.78, 5) is 26.3. The monoisotopic (exact) mass is 327 g/mol. The fourth-order valence-electron chi connectivity index (χ4n) is 2.55. The summed E-state index contributed by atoms with van der Waals surface area (Å²) in [6.07, 6.45) is 0.665. The van der Waals surface area contributed by atoms with E-state index in [0.717, 1.165) is 11.1 Å². The van der Waals surface area contributed by atoms with Crippen LogP contribution in [0.2, 0.25) is 0 Å². The highest BCUT2D eigenvalue weighted by Gasteiger charge is 2.13. The number of nitrogens with one attached hydrogen (secondary N) is 2. The molecule has 124 valence electrons. The summed E-state index contributed by atoms with van der Waals surface area (Å²) in [6.45, 7) is 3.79. The molecule has 0 saturated heterocycles. The normalized spacial score (nSPS) is 10.2. The molecule has 0 fully saturated rings. The Morgan fingerprint density at radius 1 is 1.29 bits per heavy atom. The number of pyridine rings is 1. The SMILES string of the molecule is Cc1[nH]c(=O)c(C#N)c(C)c1CCC(=O)NCc1ccc(F)cc1. The van der Waals surface area contributed by atoms with E-state index in [0.29, 0.717) is 24.2 Å². The number of amides is 1. The van der Waals surface area contributed by atoms with Crippen molar-refractivity contribution in [2.75, 3.05) is 0 Å². The summed E-state index contributed by atoms with van der Waals surface area (Å²) in [6, 6.07) is 7.82. The second-order valence-electron chi connectivity index (χ2n) is 5.57. The molecule has 0 unspecified atom stereocenters. The van der Waals surface area contributed by atoms with Crippen LogP contribution < -0.4 is 10.9 Å². The average Bonchev–Trinajstić information content (AvgIpc) is 2.54. The molecule has 0 saturated carbocycles. The van der Waals surface area contributed by atoms with E-state index >= 15 is 0 Å². The lowest BCUT2D eigenvalue weighted by molar-refractivity contribution is -0.121. The quantitative estimate of drug-likeness (QED) is 0.883. The summed E-state index contributed by atoms with van der Waals surface area (Å²) >= 11 is 0. The van der Waals surface area contributed by atoms with E-state index < -0.39 is 5.56 Å². The molecule has 0 aliphatic heterocycles. The molecule has 1 aromatic heterocycles. The highest BCUT2D eigenvalue weighted by atomic mass is 19.1. The van der Waals surface area contributed by atoms with Crippen molar-refractivity contribution < 1.29 is 9.18 Å². The van der Waals surface area contributed by atoms with Crippen molar-refractivity contribution in [2.24, 2.45) is 0 Å². The number of hydrogen-bond acceptors (Lipinski definition) is 3. The molecule has 1 heterocycles. The second kappa shape index (κ2) is 7.55. The van der Waals surface area contributed by atoms with Gasteiger partial charge in [-0.2, -0.15) is 5.26 Å². The Morgan fingerprint density at radius 2 is 1.96 bits per heavy atom. The number of aryl methyl sites for hydroxylation is 1. The summed E-state index contributed by atoms with van der Waals surface area (Å²) in [5.74, 6) is -0.467. The molecule has 0 aliphatic rings. The number of nitrogens with zero attached hydrogens (tertiary/aromatic N) is 1. The maximum atomic E-state index is 12.8. The van der Waals surface area contributed by atoms with E-state index in [1.807, 2.05) is 6.07 Å². The minimum atomic E-state index is -0.406. The lowest BCUT2D eigenvalue weighted by atomic mass is 9.99. The van der Waals surface area contributed by atoms with Crippen LogP contribution in [0.15, 0.2) is 29.1 Å². The first-order chi connectivity index (χ1) is 11.4. The van der Waals surface area contributed by atoms with Crippen LogP contribution in [0.25, 0.3) is 0 Å². The maximum Gasteiger partial charge on any atom is 0.266 e. The molecule has 2 N–H and O–H groups in total. The van der Waals surface area contributed by atoms with E-state index in [-0.39, 0.29) is 23.7 Å². The highest BCUT2D eigenvalue weighted by Crippen LogP contribution is 2.15. The van der Waals surface area contributed by atoms with Gasteiger partial charge in [0.15, 0.2) is 0 Å². The van der Waals surface area contributed by atoms with Gasteiger partial charge >= 0.3 is 0 Å². The van der Waals surface area contributed by atoms with Crippen LogP contribution in [0.4, 0.5) is 4.39 Å². The molecule has 0 spiro atoms. The third kappa shape index (κ3) is 4.07. The Bertz CT molecular complexity index is 848. The van der Waals surface area contributed by atoms with Gasteiger partial charge in [-0.3, -0.25) is 9.59 Å². The van der Waals surface area contributed by atoms with Gasteiger partial charge in [-0.1, -0.05) is 12.1 Å². The topological polar surface area (TPSA) is 85.8 Å². The van der Waals surface area contributed by atoms with E-state index in [4.69, 9.17) is 5.26 Å². The predicted molar refractivity (Wildman–Crippen MR) is 87.8 cm³/mol. The Morgan fingerprint density at radius 3 is 2.58 bits per heavy atom. The van der Waals surface area contributed by atoms with Crippen molar-refractivity contribution in [3.05, 3.63) is 68.4 Å². The van der Waals surface area contributed by atoms with Crippen molar-refractivity contribution >= 4 is 5.91 Å². The van der Waals surface area contributed by atoms with E-state index in [1.165, 1.54) is 12.1 Å². The van der Waals surface area contributed by atoms with Crippen LogP contribution in [0.5, 0.6) is 0 Å². The van der Waals surface area contributed by atoms with Gasteiger partial charge in [0, 0.05) is 18.7 Å². The van der Waals surface area contributed by atoms with E-state index in [2.05, 4.69) is 10.3 Å². The fraction of sp³-hybridized carbons (Fsp3) is 0.278. The van der Waals surface area contributed by atoms with Crippen molar-refractivity contribution in [2.45, 2.75) is 33.2 Å². The zero-order chi connectivity index (χ0) is 17.7. The molecule has 0 radical (unpaired) electrons. The second-order valence-corrected chi connectivity index (χ2v) is 5.57. The number of H-pyrrole nitrogens is 1. The van der Waals surface area contributed by atoms with Gasteiger partial charge in [-0.15, -0.1) is 0 Å². The van der Waals surface area contributed by atoms with E-state index in [1.54, 1.807) is 26.0 Å². The number of hydrogen-bond donors (Lipinski definition) is 2. The summed E-state index contributed by atoms with van der Waals surface area (Å²) in [5.41, 5.74) is 2.59. The molecule has 2 aromatic rings. The van der Waals surface area contributed by atoms with Crippen molar-refractivity contribution in [3.63, 3.8) is 0 Å². The summed E-state index contributed by atoms with van der Waals surface area (Å²) < 4.78 is 12.8. The summed E-state index contributed by atoms with van der Waals surface area (Å²) in [5, 5.41) is 11.8. The Hall–Kier alpha value is -2.94. The number of rotatable bonds is 5. The third-order valence-corrected chi connectivity index (χ3v) is 3.93. The molecule has 5 nitrogen and oxygen atoms in total. The molecule has 0 atom stereocenters. The lowest BCUT2D eigenvalue weighted by Crippen LogP contribution is -2.24. The number of aromatic nitrogens is 1. The van der Waals surface area contributed by atoms with Gasteiger partial charge in [0.05, 0.1) is 0 Å². The Labute approximate surface area is 139 Å². The molecule has 1 amide bonds. The standard InChI is InChI=1S/C18H18FN3O2/c1-11-15(12(2)22-18(24)16(11)9-20)7-8-17(23)21-10-13-3-5-14(19)6-4-13/h3-6H,7-8,10H2,1-2H3,(H,21,23)(H,22,24). The Kier molecular flexibility index (Phi) is 5.48. The molecule has 2 rings (SSSR count). The van der Waals surface area contributed by atoms with Crippen molar-refractivity contribution in [3.8, 4) is 6.07 Å². The van der Waals surface area contributed by atoms with Gasteiger partial charge in [0.2, 0.25) is 5.91 Å². The number of halogens is 1. The zero-order valence-corrected chi connectivity index (χ0v) is 13.6. The van der Waals surface area contributed by atoms with Crippen LogP contribution in [-0.2, 0) is 17.8 Å². The van der Waals surface area contributed by atoms with Crippen molar-refractivity contribution in [1.82, 2.24) is 10.3 Å². The molecule has 1 aromatic carbocycles. The van der Waals surface area contributed by atoms with Gasteiger partial charge in [0.1, 0.15) is 17.4 Å². The number of carbonyl (C=O) groups excluding carboxylic acids is 1. The number of benzene rings is 1. The first kappa shape index (κ1) is 17.4. The third-order valence-electron chi connectivity index (χ3n) is 3.93. The van der Waals surface area contributed by atoms with Gasteiger partial charge in [0.25, 0.3) is 5.56 Å². The Balaban J connectivity index is 1.98. The lowest BCUT2D eigenvalue weighted by Gasteiger charge is -2.11. The number of nitriles is 1. The number of aromatic amines is 1.